The minimum absolute atomic E-state index is 0.0298. The summed E-state index contributed by atoms with van der Waals surface area (Å²) in [5.74, 6) is 0. The summed E-state index contributed by atoms with van der Waals surface area (Å²) in [6.45, 7) is 18.8. The van der Waals surface area contributed by atoms with Gasteiger partial charge in [0.2, 0.25) is 0 Å². The highest BCUT2D eigenvalue weighted by molar-refractivity contribution is 7.00. The molecule has 0 aromatic heterocycles. The Hall–Kier alpha value is -9.18. The number of para-hydroxylation sites is 3. The second kappa shape index (κ2) is 19.5. The Morgan fingerprint density at radius 3 is 1.20 bits per heavy atom. The van der Waals surface area contributed by atoms with E-state index in [4.69, 9.17) is 0 Å². The highest BCUT2D eigenvalue weighted by Crippen LogP contribution is 2.50. The molecule has 2 nitrogen and oxygen atoms in total. The lowest BCUT2D eigenvalue weighted by Gasteiger charge is -2.45. The molecule has 0 radical (unpaired) electrons. The quantitative estimate of drug-likeness (QED) is 0.111. The van der Waals surface area contributed by atoms with E-state index < -0.39 is 0 Å². The van der Waals surface area contributed by atoms with Crippen LogP contribution < -0.4 is 26.2 Å². The average molecular weight is 1060 g/mol. The molecule has 2 heterocycles. The molecule has 0 bridgehead atoms. The van der Waals surface area contributed by atoms with Crippen molar-refractivity contribution in [3.63, 3.8) is 0 Å². The summed E-state index contributed by atoms with van der Waals surface area (Å²) >= 11 is 0. The first-order valence-electron chi connectivity index (χ1n) is 29.2. The van der Waals surface area contributed by atoms with Gasteiger partial charge in [0.05, 0.1) is 0 Å². The molecule has 396 valence electrons. The van der Waals surface area contributed by atoms with E-state index in [-0.39, 0.29) is 23.0 Å². The molecule has 0 N–H and O–H groups in total. The molecular weight excluding hydrogens is 988 g/mol. The molecule has 82 heavy (non-hydrogen) atoms. The molecule has 2 aliphatic rings. The fraction of sp³-hybridized carbons (Fsp3) is 0.139. The van der Waals surface area contributed by atoms with E-state index in [0.29, 0.717) is 0 Å². The van der Waals surface area contributed by atoms with Crippen molar-refractivity contribution in [2.45, 2.75) is 71.6 Å². The van der Waals surface area contributed by atoms with Crippen LogP contribution in [0.5, 0.6) is 0 Å². The van der Waals surface area contributed by atoms with E-state index >= 15 is 0 Å². The van der Waals surface area contributed by atoms with Crippen LogP contribution >= 0.6 is 0 Å². The number of benzene rings is 12. The number of rotatable bonds is 8. The maximum atomic E-state index is 2.58. The van der Waals surface area contributed by atoms with Crippen LogP contribution in [0.2, 0.25) is 0 Å². The SMILES string of the molecule is CC(C)(C)c1cc(-c2cc(-c3cc4c5c(c3)N(c3ccccc3)c3cc(C(C)(C)c6ccccc6)ccc3B5c3ccccc3N4c3ccccc3)cc(-c3c4ccccc4c(-c4ccccc4)c4ccccc34)c2)cc(C(C)(C)C)c1. The summed E-state index contributed by atoms with van der Waals surface area (Å²) < 4.78 is 0. The second-order valence-corrected chi connectivity index (χ2v) is 25.3. The fourth-order valence-corrected chi connectivity index (χ4v) is 13.4. The molecule has 2 aliphatic heterocycles. The first-order valence-corrected chi connectivity index (χ1v) is 29.2. The lowest BCUT2D eigenvalue weighted by molar-refractivity contribution is 0.569. The third-order valence-corrected chi connectivity index (χ3v) is 17.8. The summed E-state index contributed by atoms with van der Waals surface area (Å²) in [6, 6.07) is 98.5. The lowest BCUT2D eigenvalue weighted by Crippen LogP contribution is -2.61. The summed E-state index contributed by atoms with van der Waals surface area (Å²) in [4.78, 5) is 5.11. The Morgan fingerprint density at radius 2 is 0.671 bits per heavy atom. The molecular formula is C79H67BN2. The monoisotopic (exact) mass is 1050 g/mol. The van der Waals surface area contributed by atoms with Gasteiger partial charge in [0.25, 0.3) is 6.71 Å². The first kappa shape index (κ1) is 51.0. The van der Waals surface area contributed by atoms with Crippen molar-refractivity contribution in [2.24, 2.45) is 0 Å². The molecule has 0 spiro atoms. The first-order chi connectivity index (χ1) is 39.7. The van der Waals surface area contributed by atoms with Crippen molar-refractivity contribution in [1.82, 2.24) is 0 Å². The van der Waals surface area contributed by atoms with Gasteiger partial charge in [-0.1, -0.05) is 250 Å². The normalized spacial score (nSPS) is 13.0. The summed E-state index contributed by atoms with van der Waals surface area (Å²) in [6.07, 6.45) is 0. The van der Waals surface area contributed by atoms with E-state index in [2.05, 4.69) is 326 Å². The molecule has 0 aliphatic carbocycles. The zero-order chi connectivity index (χ0) is 56.1. The summed E-state index contributed by atoms with van der Waals surface area (Å²) in [5, 5.41) is 4.96. The number of hydrogen-bond acceptors (Lipinski definition) is 2. The number of anilines is 6. The van der Waals surface area contributed by atoms with Gasteiger partial charge in [0, 0.05) is 39.5 Å². The maximum absolute atomic E-state index is 2.58. The van der Waals surface area contributed by atoms with Crippen molar-refractivity contribution in [3.8, 4) is 44.5 Å². The zero-order valence-electron chi connectivity index (χ0n) is 48.3. The molecule has 0 amide bonds. The Kier molecular flexibility index (Phi) is 12.1. The van der Waals surface area contributed by atoms with Crippen molar-refractivity contribution in [1.29, 1.82) is 0 Å². The number of nitrogens with zero attached hydrogens (tertiary/aromatic N) is 2. The molecule has 3 heteroatoms. The number of fused-ring (bicyclic) bond motifs is 6. The molecule has 0 atom stereocenters. The lowest BCUT2D eigenvalue weighted by atomic mass is 9.33. The Balaban J connectivity index is 1.10. The van der Waals surface area contributed by atoms with Gasteiger partial charge < -0.3 is 9.80 Å². The van der Waals surface area contributed by atoms with E-state index in [1.807, 2.05) is 0 Å². The average Bonchev–Trinajstić information content (AvgIpc) is 1.77. The molecule has 0 fully saturated rings. The van der Waals surface area contributed by atoms with Crippen molar-refractivity contribution in [2.75, 3.05) is 9.80 Å². The van der Waals surface area contributed by atoms with E-state index in [0.717, 1.165) is 22.5 Å². The maximum Gasteiger partial charge on any atom is 0.252 e. The zero-order valence-corrected chi connectivity index (χ0v) is 48.3. The smallest absolute Gasteiger partial charge is 0.252 e. The molecule has 14 rings (SSSR count). The fourth-order valence-electron chi connectivity index (χ4n) is 13.4. The second-order valence-electron chi connectivity index (χ2n) is 25.3. The van der Waals surface area contributed by atoms with Gasteiger partial charge >= 0.3 is 0 Å². The highest BCUT2D eigenvalue weighted by atomic mass is 15.2. The third kappa shape index (κ3) is 8.56. The predicted molar refractivity (Wildman–Crippen MR) is 353 cm³/mol. The van der Waals surface area contributed by atoms with Gasteiger partial charge in [0.15, 0.2) is 0 Å². The minimum atomic E-state index is -0.262. The Bertz CT molecular complexity index is 4340. The standard InChI is InChI=1S/C79H67BN2/c1-77(2,3)60-46-55(47-61(50-60)78(4,5)6)53-43-54(45-57(44-53)75-66-37-23-21-35-64(66)74(52-27-13-9-14-28-52)65-36-22-24-38-67(65)75)56-48-72-76-73(49-56)82(63-33-19-12-20-34-63)71-51-59(79(7,8)58-29-15-10-16-30-58)41-42-69(71)80(76)68-39-25-26-40-70(68)81(72)62-31-17-11-18-32-62/h9-51H,1-8H3. The van der Waals surface area contributed by atoms with Crippen LogP contribution in [0.25, 0.3) is 66.1 Å². The molecule has 12 aromatic carbocycles. The van der Waals surface area contributed by atoms with Crippen LogP contribution in [0.15, 0.2) is 261 Å². The number of hydrogen-bond donors (Lipinski definition) is 0. The van der Waals surface area contributed by atoms with Crippen molar-refractivity contribution >= 4 is 78.8 Å². The summed E-state index contributed by atoms with van der Waals surface area (Å²) in [7, 11) is 0. The van der Waals surface area contributed by atoms with Crippen LogP contribution in [0.1, 0.15) is 77.6 Å². The van der Waals surface area contributed by atoms with Crippen molar-refractivity contribution in [3.05, 3.63) is 283 Å². The van der Waals surface area contributed by atoms with Crippen LogP contribution in [-0.2, 0) is 16.2 Å². The third-order valence-electron chi connectivity index (χ3n) is 17.8. The topological polar surface area (TPSA) is 6.48 Å². The predicted octanol–water partition coefficient (Wildman–Crippen LogP) is 19.7. The Morgan fingerprint density at radius 1 is 0.268 bits per heavy atom. The van der Waals surface area contributed by atoms with E-state index in [1.165, 1.54) is 116 Å². The van der Waals surface area contributed by atoms with Crippen LogP contribution in [0, 0.1) is 0 Å². The van der Waals surface area contributed by atoms with Gasteiger partial charge in [0.1, 0.15) is 0 Å². The van der Waals surface area contributed by atoms with E-state index in [9.17, 15) is 0 Å². The van der Waals surface area contributed by atoms with Gasteiger partial charge in [-0.2, -0.15) is 0 Å². The van der Waals surface area contributed by atoms with Gasteiger partial charge in [-0.05, 0) is 182 Å². The molecule has 12 aromatic rings. The van der Waals surface area contributed by atoms with Gasteiger partial charge in [-0.25, -0.2) is 0 Å². The minimum Gasteiger partial charge on any atom is -0.311 e. The van der Waals surface area contributed by atoms with E-state index in [1.54, 1.807) is 0 Å². The molecule has 0 unspecified atom stereocenters. The Labute approximate surface area is 485 Å². The largest absolute Gasteiger partial charge is 0.311 e. The van der Waals surface area contributed by atoms with Crippen molar-refractivity contribution < 1.29 is 0 Å². The van der Waals surface area contributed by atoms with Gasteiger partial charge in [-0.15, -0.1) is 0 Å². The molecule has 0 saturated heterocycles. The summed E-state index contributed by atoms with van der Waals surface area (Å²) in [5.41, 5.74) is 25.4. The highest BCUT2D eigenvalue weighted by Gasteiger charge is 2.44. The van der Waals surface area contributed by atoms with Crippen LogP contribution in [-0.4, -0.2) is 6.71 Å². The van der Waals surface area contributed by atoms with Crippen LogP contribution in [0.3, 0.4) is 0 Å². The van der Waals surface area contributed by atoms with Gasteiger partial charge in [-0.3, -0.25) is 0 Å². The molecule has 0 saturated carbocycles. The van der Waals surface area contributed by atoms with Crippen LogP contribution in [0.4, 0.5) is 34.1 Å².